The van der Waals surface area contributed by atoms with E-state index in [0.29, 0.717) is 5.69 Å². The summed E-state index contributed by atoms with van der Waals surface area (Å²) in [6.45, 7) is 1.34. The smallest absolute Gasteiger partial charge is 0.329 e. The molecular weight excluding hydrogens is 230 g/mol. The summed E-state index contributed by atoms with van der Waals surface area (Å²) in [6.07, 6.45) is 1.54. The summed E-state index contributed by atoms with van der Waals surface area (Å²) in [5, 5.41) is 3.07. The summed E-state index contributed by atoms with van der Waals surface area (Å²) in [5.41, 5.74) is 4.02. The van der Waals surface area contributed by atoms with Crippen molar-refractivity contribution in [3.63, 3.8) is 0 Å². The van der Waals surface area contributed by atoms with Gasteiger partial charge in [-0.25, -0.2) is 5.48 Å². The second kappa shape index (κ2) is 4.07. The summed E-state index contributed by atoms with van der Waals surface area (Å²) in [7, 11) is 0. The van der Waals surface area contributed by atoms with Crippen molar-refractivity contribution >= 4 is 33.4 Å². The van der Waals surface area contributed by atoms with Crippen LogP contribution >= 0.6 is 0 Å². The number of benzene rings is 2. The average Bonchev–Trinajstić information content (AvgIpc) is 2.80. The molecule has 0 aliphatic carbocycles. The number of hydrogen-bond donors (Lipinski definition) is 1. The largest absolute Gasteiger partial charge is 0.462 e. The molecule has 0 atom stereocenters. The zero-order valence-electron chi connectivity index (χ0n) is 9.77. The minimum Gasteiger partial charge on any atom is -0.462 e. The number of carbonyl (C=O) groups excluding carboxylic acids is 1. The van der Waals surface area contributed by atoms with Gasteiger partial charge in [0.1, 0.15) is 17.5 Å². The molecule has 3 aromatic rings. The molecule has 0 amide bonds. The summed E-state index contributed by atoms with van der Waals surface area (Å²) >= 11 is 0. The first-order chi connectivity index (χ1) is 8.75. The number of carbonyl (C=O) groups is 1. The lowest BCUT2D eigenvalue weighted by molar-refractivity contribution is -0.138. The van der Waals surface area contributed by atoms with Crippen molar-refractivity contribution in [1.82, 2.24) is 0 Å². The molecule has 1 heterocycles. The van der Waals surface area contributed by atoms with Gasteiger partial charge in [-0.2, -0.15) is 0 Å². The van der Waals surface area contributed by atoms with Gasteiger partial charge < -0.3 is 9.25 Å². The Balaban J connectivity index is 2.20. The molecule has 0 aliphatic rings. The van der Waals surface area contributed by atoms with E-state index in [1.807, 2.05) is 36.4 Å². The van der Waals surface area contributed by atoms with Gasteiger partial charge in [0.2, 0.25) is 0 Å². The van der Waals surface area contributed by atoms with E-state index in [9.17, 15) is 4.79 Å². The van der Waals surface area contributed by atoms with Crippen LogP contribution in [0.25, 0.3) is 21.7 Å². The molecule has 4 heteroatoms. The first-order valence-electron chi connectivity index (χ1n) is 5.58. The molecule has 3 rings (SSSR count). The molecule has 0 aliphatic heterocycles. The molecule has 4 nitrogen and oxygen atoms in total. The van der Waals surface area contributed by atoms with Crippen molar-refractivity contribution in [1.29, 1.82) is 0 Å². The van der Waals surface area contributed by atoms with Crippen LogP contribution in [0.1, 0.15) is 6.92 Å². The van der Waals surface area contributed by atoms with Gasteiger partial charge in [-0.05, 0) is 16.8 Å². The molecule has 0 radical (unpaired) electrons. The highest BCUT2D eigenvalue weighted by atomic mass is 16.7. The molecule has 0 bridgehead atoms. The summed E-state index contributed by atoms with van der Waals surface area (Å²) in [6, 6.07) is 11.9. The van der Waals surface area contributed by atoms with E-state index in [-0.39, 0.29) is 0 Å². The predicted octanol–water partition coefficient (Wildman–Crippen LogP) is 3.48. The second-order valence-electron chi connectivity index (χ2n) is 4.00. The Labute approximate surface area is 103 Å². The molecule has 1 aromatic heterocycles. The van der Waals surface area contributed by atoms with E-state index in [2.05, 4.69) is 5.48 Å². The van der Waals surface area contributed by atoms with Crippen LogP contribution in [0.3, 0.4) is 0 Å². The molecule has 1 N–H and O–H groups in total. The van der Waals surface area contributed by atoms with Crippen LogP contribution in [0.4, 0.5) is 5.69 Å². The first-order valence-corrected chi connectivity index (χ1v) is 5.58. The van der Waals surface area contributed by atoms with E-state index < -0.39 is 5.97 Å². The van der Waals surface area contributed by atoms with E-state index in [1.54, 1.807) is 6.26 Å². The number of fused-ring (bicyclic) bond motifs is 3. The first kappa shape index (κ1) is 10.7. The molecule has 18 heavy (non-hydrogen) atoms. The standard InChI is InChI=1S/C14H11NO3/c1-9(16)18-15-12-8-17-13-7-6-10-4-2-3-5-11(10)14(12)13/h2-8,15H,1H3. The van der Waals surface area contributed by atoms with E-state index in [0.717, 1.165) is 21.7 Å². The lowest BCUT2D eigenvalue weighted by Gasteiger charge is -2.04. The third-order valence-electron chi connectivity index (χ3n) is 2.77. The highest BCUT2D eigenvalue weighted by Gasteiger charge is 2.10. The van der Waals surface area contributed by atoms with Crippen LogP contribution in [0.2, 0.25) is 0 Å². The van der Waals surface area contributed by atoms with E-state index in [1.165, 1.54) is 6.92 Å². The monoisotopic (exact) mass is 241 g/mol. The Kier molecular flexibility index (Phi) is 2.41. The molecule has 0 spiro atoms. The van der Waals surface area contributed by atoms with Gasteiger partial charge in [0.15, 0.2) is 0 Å². The fraction of sp³-hybridized carbons (Fsp3) is 0.0714. The molecular formula is C14H11NO3. The van der Waals surface area contributed by atoms with Gasteiger partial charge in [0.25, 0.3) is 0 Å². The lowest BCUT2D eigenvalue weighted by Crippen LogP contribution is -2.05. The number of hydrogen-bond acceptors (Lipinski definition) is 4. The highest BCUT2D eigenvalue weighted by Crippen LogP contribution is 2.32. The number of anilines is 1. The maximum absolute atomic E-state index is 10.8. The number of nitrogens with one attached hydrogen (secondary N) is 1. The van der Waals surface area contributed by atoms with Crippen LogP contribution < -0.4 is 5.48 Å². The van der Waals surface area contributed by atoms with Gasteiger partial charge in [-0.15, -0.1) is 0 Å². The Morgan fingerprint density at radius 1 is 1.22 bits per heavy atom. The molecule has 0 unspecified atom stereocenters. The third kappa shape index (κ3) is 1.68. The minimum atomic E-state index is -0.399. The highest BCUT2D eigenvalue weighted by molar-refractivity contribution is 6.11. The topological polar surface area (TPSA) is 51.5 Å². The zero-order valence-corrected chi connectivity index (χ0v) is 9.77. The van der Waals surface area contributed by atoms with Crippen molar-refractivity contribution < 1.29 is 14.0 Å². The van der Waals surface area contributed by atoms with Crippen LogP contribution in [0.15, 0.2) is 47.1 Å². The second-order valence-corrected chi connectivity index (χ2v) is 4.00. The zero-order chi connectivity index (χ0) is 12.5. The Morgan fingerprint density at radius 3 is 2.89 bits per heavy atom. The fourth-order valence-electron chi connectivity index (χ4n) is 2.01. The van der Waals surface area contributed by atoms with Gasteiger partial charge in [0.05, 0.1) is 5.39 Å². The van der Waals surface area contributed by atoms with Gasteiger partial charge in [-0.3, -0.25) is 4.79 Å². The quantitative estimate of drug-likeness (QED) is 0.698. The normalized spacial score (nSPS) is 10.7. The fourth-order valence-corrected chi connectivity index (χ4v) is 2.01. The third-order valence-corrected chi connectivity index (χ3v) is 2.77. The Bertz CT molecular complexity index is 730. The van der Waals surface area contributed by atoms with Gasteiger partial charge in [0, 0.05) is 6.92 Å². The van der Waals surface area contributed by atoms with Crippen LogP contribution in [0, 0.1) is 0 Å². The van der Waals surface area contributed by atoms with E-state index in [4.69, 9.17) is 9.25 Å². The SMILES string of the molecule is CC(=O)ONc1coc2ccc3ccccc3c12. The molecule has 0 saturated heterocycles. The van der Waals surface area contributed by atoms with Crippen molar-refractivity contribution in [2.45, 2.75) is 6.92 Å². The van der Waals surface area contributed by atoms with Crippen molar-refractivity contribution in [3.8, 4) is 0 Å². The summed E-state index contributed by atoms with van der Waals surface area (Å²) in [4.78, 5) is 15.6. The predicted molar refractivity (Wildman–Crippen MR) is 69.1 cm³/mol. The Hall–Kier alpha value is -2.49. The van der Waals surface area contributed by atoms with E-state index >= 15 is 0 Å². The van der Waals surface area contributed by atoms with Gasteiger partial charge >= 0.3 is 5.97 Å². The van der Waals surface area contributed by atoms with Crippen molar-refractivity contribution in [2.24, 2.45) is 0 Å². The van der Waals surface area contributed by atoms with Crippen molar-refractivity contribution in [3.05, 3.63) is 42.7 Å². The maximum atomic E-state index is 10.8. The maximum Gasteiger partial charge on any atom is 0.329 e. The van der Waals surface area contributed by atoms with Crippen LogP contribution in [-0.4, -0.2) is 5.97 Å². The summed E-state index contributed by atoms with van der Waals surface area (Å²) in [5.74, 6) is -0.399. The lowest BCUT2D eigenvalue weighted by atomic mass is 10.1. The van der Waals surface area contributed by atoms with Crippen LogP contribution in [0.5, 0.6) is 0 Å². The molecule has 90 valence electrons. The Morgan fingerprint density at radius 2 is 2.06 bits per heavy atom. The molecule has 0 saturated carbocycles. The molecule has 0 fully saturated rings. The summed E-state index contributed by atoms with van der Waals surface area (Å²) < 4.78 is 5.44. The van der Waals surface area contributed by atoms with Crippen LogP contribution in [-0.2, 0) is 9.63 Å². The number of rotatable bonds is 2. The van der Waals surface area contributed by atoms with Crippen molar-refractivity contribution in [2.75, 3.05) is 5.48 Å². The minimum absolute atomic E-state index is 0.399. The molecule has 2 aromatic carbocycles. The number of furan rings is 1. The van der Waals surface area contributed by atoms with Gasteiger partial charge in [-0.1, -0.05) is 30.3 Å². The average molecular weight is 241 g/mol.